The van der Waals surface area contributed by atoms with Gasteiger partial charge in [0, 0.05) is 31.2 Å². The van der Waals surface area contributed by atoms with E-state index < -0.39 is 0 Å². The normalized spacial score (nSPS) is 16.3. The zero-order valence-corrected chi connectivity index (χ0v) is 13.3. The molecule has 5 heteroatoms. The molecule has 1 aliphatic rings. The minimum Gasteiger partial charge on any atom is -0.468 e. The van der Waals surface area contributed by atoms with Crippen molar-refractivity contribution in [3.8, 4) is 0 Å². The number of esters is 1. The standard InChI is InChI=1S/C17H24N2O3/c1-3-16(20)19(14-7-5-4-6-8-14)15-9-11-18(12-10-15)13-17(21)22-2/h4-8,15H,3,9-13H2,1-2H3. The number of hydrogen-bond donors (Lipinski definition) is 0. The first-order valence-corrected chi connectivity index (χ1v) is 7.82. The van der Waals surface area contributed by atoms with Crippen LogP contribution in [0.5, 0.6) is 0 Å². The van der Waals surface area contributed by atoms with Gasteiger partial charge in [-0.25, -0.2) is 0 Å². The van der Waals surface area contributed by atoms with Gasteiger partial charge in [-0.05, 0) is 25.0 Å². The van der Waals surface area contributed by atoms with Gasteiger partial charge in [-0.3, -0.25) is 14.5 Å². The van der Waals surface area contributed by atoms with E-state index >= 15 is 0 Å². The number of ether oxygens (including phenoxy) is 1. The molecule has 0 saturated carbocycles. The first-order valence-electron chi connectivity index (χ1n) is 7.82. The molecule has 2 rings (SSSR count). The minimum atomic E-state index is -0.206. The van der Waals surface area contributed by atoms with Crippen LogP contribution in [0, 0.1) is 0 Å². The van der Waals surface area contributed by atoms with Crippen molar-refractivity contribution in [2.24, 2.45) is 0 Å². The average molecular weight is 304 g/mol. The lowest BCUT2D eigenvalue weighted by Gasteiger charge is -2.38. The predicted molar refractivity (Wildman–Crippen MR) is 85.7 cm³/mol. The number of para-hydroxylation sites is 1. The highest BCUT2D eigenvalue weighted by Gasteiger charge is 2.28. The van der Waals surface area contributed by atoms with Crippen LogP contribution in [0.4, 0.5) is 5.69 Å². The monoisotopic (exact) mass is 304 g/mol. The Kier molecular flexibility index (Phi) is 5.95. The fourth-order valence-corrected chi connectivity index (χ4v) is 2.90. The zero-order valence-electron chi connectivity index (χ0n) is 13.3. The van der Waals surface area contributed by atoms with E-state index in [1.54, 1.807) is 0 Å². The lowest BCUT2D eigenvalue weighted by molar-refractivity contribution is -0.142. The quantitative estimate of drug-likeness (QED) is 0.781. The molecule has 1 fully saturated rings. The molecular weight excluding hydrogens is 280 g/mol. The second-order valence-electron chi connectivity index (χ2n) is 5.54. The Morgan fingerprint density at radius 1 is 1.23 bits per heavy atom. The van der Waals surface area contributed by atoms with Crippen molar-refractivity contribution < 1.29 is 14.3 Å². The Bertz CT molecular complexity index is 496. The summed E-state index contributed by atoms with van der Waals surface area (Å²) in [6, 6.07) is 10.0. The van der Waals surface area contributed by atoms with Crippen molar-refractivity contribution in [3.05, 3.63) is 30.3 Å². The highest BCUT2D eigenvalue weighted by Crippen LogP contribution is 2.24. The molecule has 120 valence electrons. The lowest BCUT2D eigenvalue weighted by atomic mass is 10.0. The molecule has 1 heterocycles. The summed E-state index contributed by atoms with van der Waals surface area (Å²) in [5.41, 5.74) is 0.959. The van der Waals surface area contributed by atoms with Crippen molar-refractivity contribution in [2.75, 3.05) is 31.6 Å². The van der Waals surface area contributed by atoms with Gasteiger partial charge < -0.3 is 9.64 Å². The second-order valence-corrected chi connectivity index (χ2v) is 5.54. The van der Waals surface area contributed by atoms with Gasteiger partial charge in [0.05, 0.1) is 13.7 Å². The van der Waals surface area contributed by atoms with E-state index in [-0.39, 0.29) is 17.9 Å². The molecule has 1 aliphatic heterocycles. The molecule has 1 amide bonds. The number of benzene rings is 1. The summed E-state index contributed by atoms with van der Waals surface area (Å²) >= 11 is 0. The summed E-state index contributed by atoms with van der Waals surface area (Å²) in [7, 11) is 1.41. The smallest absolute Gasteiger partial charge is 0.319 e. The number of nitrogens with zero attached hydrogens (tertiary/aromatic N) is 2. The number of hydrogen-bond acceptors (Lipinski definition) is 4. The number of carbonyl (C=O) groups is 2. The van der Waals surface area contributed by atoms with Crippen molar-refractivity contribution in [3.63, 3.8) is 0 Å². The van der Waals surface area contributed by atoms with Gasteiger partial charge >= 0.3 is 5.97 Å². The van der Waals surface area contributed by atoms with Gasteiger partial charge in [-0.2, -0.15) is 0 Å². The third-order valence-electron chi connectivity index (χ3n) is 4.11. The summed E-state index contributed by atoms with van der Waals surface area (Å²) in [6.45, 7) is 3.83. The molecular formula is C17H24N2O3. The summed E-state index contributed by atoms with van der Waals surface area (Å²) in [4.78, 5) is 27.7. The molecule has 1 saturated heterocycles. The van der Waals surface area contributed by atoms with E-state index in [2.05, 4.69) is 4.90 Å². The number of amides is 1. The molecule has 0 aliphatic carbocycles. The fraction of sp³-hybridized carbons (Fsp3) is 0.529. The van der Waals surface area contributed by atoms with Crippen LogP contribution in [0.2, 0.25) is 0 Å². The van der Waals surface area contributed by atoms with Crippen LogP contribution < -0.4 is 4.90 Å². The molecule has 0 bridgehead atoms. The maximum Gasteiger partial charge on any atom is 0.319 e. The zero-order chi connectivity index (χ0) is 15.9. The van der Waals surface area contributed by atoms with Crippen LogP contribution in [-0.4, -0.2) is 49.6 Å². The minimum absolute atomic E-state index is 0.151. The van der Waals surface area contributed by atoms with E-state index in [1.165, 1.54) is 7.11 Å². The van der Waals surface area contributed by atoms with Crippen LogP contribution in [0.1, 0.15) is 26.2 Å². The third kappa shape index (κ3) is 4.07. The SMILES string of the molecule is CCC(=O)N(c1ccccc1)C1CCN(CC(=O)OC)CC1. The van der Waals surface area contributed by atoms with Gasteiger partial charge in [0.25, 0.3) is 0 Å². The molecule has 0 atom stereocenters. The molecule has 0 unspecified atom stereocenters. The van der Waals surface area contributed by atoms with Gasteiger partial charge in [-0.1, -0.05) is 25.1 Å². The van der Waals surface area contributed by atoms with Crippen LogP contribution in [0.15, 0.2) is 30.3 Å². The Labute approximate surface area is 131 Å². The first kappa shape index (κ1) is 16.5. The number of methoxy groups -OCH3 is 1. The van der Waals surface area contributed by atoms with E-state index in [0.717, 1.165) is 31.6 Å². The van der Waals surface area contributed by atoms with Crippen LogP contribution in [0.25, 0.3) is 0 Å². The van der Waals surface area contributed by atoms with Crippen molar-refractivity contribution >= 4 is 17.6 Å². The second kappa shape index (κ2) is 7.94. The summed E-state index contributed by atoms with van der Waals surface area (Å²) < 4.78 is 4.71. The van der Waals surface area contributed by atoms with Crippen molar-refractivity contribution in [1.82, 2.24) is 4.90 Å². The largest absolute Gasteiger partial charge is 0.468 e. The van der Waals surface area contributed by atoms with Gasteiger partial charge in [0.2, 0.25) is 5.91 Å². The maximum absolute atomic E-state index is 12.4. The number of carbonyl (C=O) groups excluding carboxylic acids is 2. The van der Waals surface area contributed by atoms with Crippen molar-refractivity contribution in [1.29, 1.82) is 0 Å². The van der Waals surface area contributed by atoms with E-state index in [0.29, 0.717) is 13.0 Å². The molecule has 5 nitrogen and oxygen atoms in total. The van der Waals surface area contributed by atoms with Gasteiger partial charge in [0.15, 0.2) is 0 Å². The van der Waals surface area contributed by atoms with E-state index in [9.17, 15) is 9.59 Å². The fourth-order valence-electron chi connectivity index (χ4n) is 2.90. The summed E-state index contributed by atoms with van der Waals surface area (Å²) in [5.74, 6) is -0.0550. The van der Waals surface area contributed by atoms with Crippen LogP contribution in [-0.2, 0) is 14.3 Å². The molecule has 0 radical (unpaired) electrons. The summed E-state index contributed by atoms with van der Waals surface area (Å²) in [6.07, 6.45) is 2.24. The van der Waals surface area contributed by atoms with Crippen LogP contribution >= 0.6 is 0 Å². The van der Waals surface area contributed by atoms with E-state index in [1.807, 2.05) is 42.2 Å². The highest BCUT2D eigenvalue weighted by molar-refractivity contribution is 5.93. The highest BCUT2D eigenvalue weighted by atomic mass is 16.5. The van der Waals surface area contributed by atoms with Gasteiger partial charge in [-0.15, -0.1) is 0 Å². The Balaban J connectivity index is 2.02. The topological polar surface area (TPSA) is 49.9 Å². The molecule has 22 heavy (non-hydrogen) atoms. The number of likely N-dealkylation sites (tertiary alicyclic amines) is 1. The average Bonchev–Trinajstić information content (AvgIpc) is 2.57. The Hall–Kier alpha value is -1.88. The Morgan fingerprint density at radius 3 is 2.41 bits per heavy atom. The molecule has 0 N–H and O–H groups in total. The van der Waals surface area contributed by atoms with Crippen LogP contribution in [0.3, 0.4) is 0 Å². The predicted octanol–water partition coefficient (Wildman–Crippen LogP) is 2.07. The third-order valence-corrected chi connectivity index (χ3v) is 4.11. The van der Waals surface area contributed by atoms with E-state index in [4.69, 9.17) is 4.74 Å². The molecule has 0 aromatic heterocycles. The Morgan fingerprint density at radius 2 is 1.86 bits per heavy atom. The number of piperidine rings is 1. The molecule has 1 aromatic carbocycles. The van der Waals surface area contributed by atoms with Gasteiger partial charge in [0.1, 0.15) is 0 Å². The first-order chi connectivity index (χ1) is 10.7. The molecule has 1 aromatic rings. The molecule has 0 spiro atoms. The van der Waals surface area contributed by atoms with Crippen molar-refractivity contribution in [2.45, 2.75) is 32.2 Å². The lowest BCUT2D eigenvalue weighted by Crippen LogP contribution is -2.48. The number of rotatable bonds is 5. The summed E-state index contributed by atoms with van der Waals surface area (Å²) in [5, 5.41) is 0. The maximum atomic E-state index is 12.4. The number of anilines is 1.